The maximum absolute atomic E-state index is 13.2. The van der Waals surface area contributed by atoms with Crippen molar-refractivity contribution in [2.45, 2.75) is 25.3 Å². The van der Waals surface area contributed by atoms with Gasteiger partial charge in [-0.25, -0.2) is 9.78 Å². The summed E-state index contributed by atoms with van der Waals surface area (Å²) in [6.07, 6.45) is -0.168. The third-order valence-corrected chi connectivity index (χ3v) is 6.23. The maximum atomic E-state index is 13.2. The monoisotopic (exact) mass is 477 g/mol. The normalized spacial score (nSPS) is 19.1. The molecule has 11 nitrogen and oxygen atoms in total. The lowest BCUT2D eigenvalue weighted by Crippen LogP contribution is -2.46. The standard InChI is InChI=1S/C24H23N5O6/c1-3-25-23(33)27-19-7-6-17-16(26-19)9-18(35-17)24(10-20(30)28-22(24)32)12-29-11-13-4-5-14(34-2)8-15(13)21(29)31/h4-9H,3,10-12H2,1-2H3,(H,28,30,32)(H2,25,26,27,33)/t24-/m1/s1. The van der Waals surface area contributed by atoms with Crippen LogP contribution in [0, 0.1) is 0 Å². The Kier molecular flexibility index (Phi) is 5.39. The fourth-order valence-electron chi connectivity index (χ4n) is 4.52. The van der Waals surface area contributed by atoms with Crippen molar-refractivity contribution in [1.82, 2.24) is 20.5 Å². The number of rotatable bonds is 6. The van der Waals surface area contributed by atoms with Crippen LogP contribution in [0.3, 0.4) is 0 Å². The van der Waals surface area contributed by atoms with Crippen LogP contribution in [0.1, 0.15) is 35.0 Å². The Morgan fingerprint density at radius 2 is 2.06 bits per heavy atom. The minimum atomic E-state index is -1.41. The Labute approximate surface area is 199 Å². The van der Waals surface area contributed by atoms with Crippen LogP contribution < -0.4 is 20.7 Å². The number of anilines is 1. The Balaban J connectivity index is 1.48. The number of ether oxygens (including phenoxy) is 1. The molecule has 0 aliphatic carbocycles. The van der Waals surface area contributed by atoms with Crippen molar-refractivity contribution >= 4 is 40.7 Å². The van der Waals surface area contributed by atoms with Crippen LogP contribution in [0.2, 0.25) is 0 Å². The van der Waals surface area contributed by atoms with Gasteiger partial charge in [-0.1, -0.05) is 6.07 Å². The second kappa shape index (κ2) is 8.42. The molecule has 5 amide bonds. The van der Waals surface area contributed by atoms with Gasteiger partial charge >= 0.3 is 6.03 Å². The molecule has 1 aromatic carbocycles. The molecule has 5 rings (SSSR count). The fraction of sp³-hybridized carbons (Fsp3) is 0.292. The number of hydrogen-bond donors (Lipinski definition) is 3. The number of fused-ring (bicyclic) bond motifs is 2. The molecule has 4 heterocycles. The van der Waals surface area contributed by atoms with Crippen molar-refractivity contribution in [3.05, 3.63) is 53.3 Å². The van der Waals surface area contributed by atoms with Gasteiger partial charge in [0.15, 0.2) is 5.58 Å². The Morgan fingerprint density at radius 1 is 1.23 bits per heavy atom. The number of nitrogens with one attached hydrogen (secondary N) is 3. The highest BCUT2D eigenvalue weighted by Gasteiger charge is 2.53. The lowest BCUT2D eigenvalue weighted by atomic mass is 9.82. The van der Waals surface area contributed by atoms with Crippen molar-refractivity contribution in [3.63, 3.8) is 0 Å². The number of imide groups is 1. The predicted molar refractivity (Wildman–Crippen MR) is 124 cm³/mol. The molecule has 11 heteroatoms. The van der Waals surface area contributed by atoms with E-state index >= 15 is 0 Å². The highest BCUT2D eigenvalue weighted by molar-refractivity contribution is 6.10. The number of benzene rings is 1. The second-order valence-electron chi connectivity index (χ2n) is 8.50. The van der Waals surface area contributed by atoms with Gasteiger partial charge in [-0.3, -0.25) is 25.0 Å². The molecule has 180 valence electrons. The summed E-state index contributed by atoms with van der Waals surface area (Å²) in [6.45, 7) is 2.50. The van der Waals surface area contributed by atoms with E-state index in [1.165, 1.54) is 12.0 Å². The molecule has 1 saturated heterocycles. The number of pyridine rings is 1. The Hall–Kier alpha value is -4.41. The molecular weight excluding hydrogens is 454 g/mol. The topological polar surface area (TPSA) is 143 Å². The summed E-state index contributed by atoms with van der Waals surface area (Å²) in [5.74, 6) is -0.164. The number of carbonyl (C=O) groups is 4. The highest BCUT2D eigenvalue weighted by Crippen LogP contribution is 2.39. The summed E-state index contributed by atoms with van der Waals surface area (Å²) < 4.78 is 11.2. The first-order valence-corrected chi connectivity index (χ1v) is 11.1. The van der Waals surface area contributed by atoms with E-state index in [4.69, 9.17) is 9.15 Å². The van der Waals surface area contributed by atoms with E-state index < -0.39 is 23.3 Å². The quantitative estimate of drug-likeness (QED) is 0.460. The summed E-state index contributed by atoms with van der Waals surface area (Å²) in [5, 5.41) is 7.59. The average Bonchev–Trinajstić information content (AvgIpc) is 3.47. The van der Waals surface area contributed by atoms with E-state index in [2.05, 4.69) is 20.9 Å². The molecule has 3 aromatic rings. The molecule has 0 radical (unpaired) electrons. The average molecular weight is 477 g/mol. The van der Waals surface area contributed by atoms with E-state index in [1.807, 2.05) is 6.07 Å². The number of methoxy groups -OCH3 is 1. The number of urea groups is 1. The van der Waals surface area contributed by atoms with E-state index in [0.717, 1.165) is 5.56 Å². The van der Waals surface area contributed by atoms with Gasteiger partial charge < -0.3 is 19.4 Å². The summed E-state index contributed by atoms with van der Waals surface area (Å²) in [5.41, 5.74) is 0.683. The molecule has 2 aromatic heterocycles. The first kappa shape index (κ1) is 22.4. The number of aromatic nitrogens is 1. The summed E-state index contributed by atoms with van der Waals surface area (Å²) in [4.78, 5) is 56.3. The lowest BCUT2D eigenvalue weighted by molar-refractivity contribution is -0.127. The van der Waals surface area contributed by atoms with Crippen LogP contribution >= 0.6 is 0 Å². The van der Waals surface area contributed by atoms with Crippen LogP contribution in [0.4, 0.5) is 10.6 Å². The van der Waals surface area contributed by atoms with Gasteiger partial charge in [-0.15, -0.1) is 0 Å². The lowest BCUT2D eigenvalue weighted by Gasteiger charge is -2.28. The van der Waals surface area contributed by atoms with Gasteiger partial charge in [0, 0.05) is 31.3 Å². The zero-order valence-electron chi connectivity index (χ0n) is 19.1. The SMILES string of the molecule is CCNC(=O)Nc1ccc2oc([C@]3(CN4Cc5ccc(OC)cc5C4=O)CC(=O)NC3=O)cc2n1. The predicted octanol–water partition coefficient (Wildman–Crippen LogP) is 1.92. The van der Waals surface area contributed by atoms with Crippen molar-refractivity contribution in [2.24, 2.45) is 0 Å². The zero-order chi connectivity index (χ0) is 24.7. The second-order valence-corrected chi connectivity index (χ2v) is 8.50. The molecule has 2 aliphatic heterocycles. The van der Waals surface area contributed by atoms with Gasteiger partial charge in [0.1, 0.15) is 28.3 Å². The molecule has 2 aliphatic rings. The third kappa shape index (κ3) is 3.84. The van der Waals surface area contributed by atoms with Gasteiger partial charge in [0.2, 0.25) is 11.8 Å². The number of hydrogen-bond acceptors (Lipinski definition) is 7. The Bertz CT molecular complexity index is 1380. The van der Waals surface area contributed by atoms with Crippen molar-refractivity contribution in [2.75, 3.05) is 25.5 Å². The Morgan fingerprint density at radius 3 is 2.77 bits per heavy atom. The van der Waals surface area contributed by atoms with Crippen molar-refractivity contribution in [1.29, 1.82) is 0 Å². The van der Waals surface area contributed by atoms with E-state index in [9.17, 15) is 19.2 Å². The van der Waals surface area contributed by atoms with Crippen LogP contribution in [-0.2, 0) is 21.5 Å². The minimum absolute atomic E-state index is 0.0514. The van der Waals surface area contributed by atoms with E-state index in [-0.39, 0.29) is 24.6 Å². The maximum Gasteiger partial charge on any atom is 0.320 e. The number of carbonyl (C=O) groups excluding carboxylic acids is 4. The smallest absolute Gasteiger partial charge is 0.320 e. The van der Waals surface area contributed by atoms with E-state index in [1.54, 1.807) is 37.3 Å². The number of amides is 5. The fourth-order valence-corrected chi connectivity index (χ4v) is 4.52. The number of nitrogens with zero attached hydrogens (tertiary/aromatic N) is 2. The first-order valence-electron chi connectivity index (χ1n) is 11.1. The van der Waals surface area contributed by atoms with Crippen molar-refractivity contribution < 1.29 is 28.3 Å². The first-order chi connectivity index (χ1) is 16.8. The summed E-state index contributed by atoms with van der Waals surface area (Å²) in [6, 6.07) is 9.63. The summed E-state index contributed by atoms with van der Waals surface area (Å²) in [7, 11) is 1.52. The molecule has 1 atom stereocenters. The number of furan rings is 1. The molecule has 1 fully saturated rings. The van der Waals surface area contributed by atoms with Crippen molar-refractivity contribution in [3.8, 4) is 5.75 Å². The van der Waals surface area contributed by atoms with Gasteiger partial charge in [-0.05, 0) is 36.8 Å². The highest BCUT2D eigenvalue weighted by atomic mass is 16.5. The van der Waals surface area contributed by atoms with Gasteiger partial charge in [0.05, 0.1) is 13.5 Å². The molecular formula is C24H23N5O6. The largest absolute Gasteiger partial charge is 0.497 e. The van der Waals surface area contributed by atoms with Crippen LogP contribution in [-0.4, -0.2) is 53.8 Å². The van der Waals surface area contributed by atoms with Crippen LogP contribution in [0.25, 0.3) is 11.1 Å². The molecule has 0 bridgehead atoms. The van der Waals surface area contributed by atoms with Gasteiger partial charge in [-0.2, -0.15) is 0 Å². The van der Waals surface area contributed by atoms with Gasteiger partial charge in [0.25, 0.3) is 5.91 Å². The van der Waals surface area contributed by atoms with Crippen LogP contribution in [0.15, 0.2) is 40.8 Å². The molecule has 0 unspecified atom stereocenters. The van der Waals surface area contributed by atoms with Crippen LogP contribution in [0.5, 0.6) is 5.75 Å². The zero-order valence-corrected chi connectivity index (χ0v) is 19.1. The molecule has 0 saturated carbocycles. The summed E-state index contributed by atoms with van der Waals surface area (Å²) >= 11 is 0. The van der Waals surface area contributed by atoms with E-state index in [0.29, 0.717) is 41.3 Å². The molecule has 35 heavy (non-hydrogen) atoms. The third-order valence-electron chi connectivity index (χ3n) is 6.23. The minimum Gasteiger partial charge on any atom is -0.497 e. The molecule has 0 spiro atoms. The molecule has 3 N–H and O–H groups in total.